The van der Waals surface area contributed by atoms with Crippen molar-refractivity contribution in [3.05, 3.63) is 58.1 Å². The number of nitrogens with zero attached hydrogens (tertiary/aromatic N) is 1. The Labute approximate surface area is 193 Å². The van der Waals surface area contributed by atoms with Crippen LogP contribution in [0.15, 0.2) is 42.5 Å². The van der Waals surface area contributed by atoms with Crippen molar-refractivity contribution < 1.29 is 27.4 Å². The molecular formula is C21H22Cl2F3N3O3. The number of nitrogens with one attached hydrogen (secondary N) is 2. The van der Waals surface area contributed by atoms with Crippen LogP contribution in [0.4, 0.5) is 13.2 Å². The number of carbonyl (C=O) groups is 1. The number of hydrogen-bond acceptors (Lipinski definition) is 5. The highest BCUT2D eigenvalue weighted by atomic mass is 35.5. The lowest BCUT2D eigenvalue weighted by Crippen LogP contribution is -2.50. The van der Waals surface area contributed by atoms with Crippen molar-refractivity contribution in [1.82, 2.24) is 15.8 Å². The summed E-state index contributed by atoms with van der Waals surface area (Å²) < 4.78 is 45.5. The lowest BCUT2D eigenvalue weighted by Gasteiger charge is -2.32. The zero-order chi connectivity index (χ0) is 23.1. The number of rotatable bonds is 8. The van der Waals surface area contributed by atoms with Crippen molar-refractivity contribution in [1.29, 1.82) is 0 Å². The van der Waals surface area contributed by atoms with Crippen LogP contribution in [0.3, 0.4) is 0 Å². The molecule has 0 radical (unpaired) electrons. The third kappa shape index (κ3) is 8.05. The molecule has 2 aromatic rings. The van der Waals surface area contributed by atoms with Crippen LogP contribution in [-0.2, 0) is 11.3 Å². The molecular weight excluding hydrogens is 470 g/mol. The van der Waals surface area contributed by atoms with Gasteiger partial charge in [0.2, 0.25) is 0 Å². The van der Waals surface area contributed by atoms with E-state index >= 15 is 0 Å². The van der Waals surface area contributed by atoms with Crippen LogP contribution in [-0.4, -0.2) is 42.9 Å². The number of likely N-dealkylation sites (tertiary alicyclic amines) is 1. The number of alkyl halides is 3. The quantitative estimate of drug-likeness (QED) is 0.530. The fraction of sp³-hybridized carbons (Fsp3) is 0.381. The molecule has 0 aromatic heterocycles. The molecule has 11 heteroatoms. The molecule has 0 saturated carbocycles. The second-order valence-electron chi connectivity index (χ2n) is 7.30. The van der Waals surface area contributed by atoms with Crippen LogP contribution in [0.2, 0.25) is 10.0 Å². The third-order valence-corrected chi connectivity index (χ3v) is 5.56. The molecule has 2 N–H and O–H groups in total. The monoisotopic (exact) mass is 491 g/mol. The Hall–Kier alpha value is -2.20. The SMILES string of the molecule is O=C(COc1ccc(OC(F)(F)F)cc1)NNC1CCN(Cc2ccc(Cl)c(Cl)c2)CC1. The fourth-order valence-electron chi connectivity index (χ4n) is 3.24. The molecule has 0 bridgehead atoms. The number of ether oxygens (including phenoxy) is 2. The Morgan fingerprint density at radius 1 is 1.03 bits per heavy atom. The maximum Gasteiger partial charge on any atom is 0.573 e. The van der Waals surface area contributed by atoms with Crippen LogP contribution in [0.5, 0.6) is 11.5 Å². The van der Waals surface area contributed by atoms with Gasteiger partial charge < -0.3 is 9.47 Å². The minimum absolute atomic E-state index is 0.128. The van der Waals surface area contributed by atoms with Gasteiger partial charge in [-0.3, -0.25) is 15.1 Å². The van der Waals surface area contributed by atoms with E-state index in [4.69, 9.17) is 27.9 Å². The number of benzene rings is 2. The molecule has 1 amide bonds. The summed E-state index contributed by atoms with van der Waals surface area (Å²) in [4.78, 5) is 14.3. The molecule has 1 fully saturated rings. The van der Waals surface area contributed by atoms with Gasteiger partial charge in [-0.2, -0.15) is 0 Å². The second-order valence-corrected chi connectivity index (χ2v) is 8.11. The minimum atomic E-state index is -4.76. The number of hydrogen-bond donors (Lipinski definition) is 2. The number of halogens is 5. The van der Waals surface area contributed by atoms with Crippen molar-refractivity contribution in [2.75, 3.05) is 19.7 Å². The summed E-state index contributed by atoms with van der Waals surface area (Å²) in [6, 6.07) is 10.6. The first kappa shape index (κ1) is 24.4. The summed E-state index contributed by atoms with van der Waals surface area (Å²) in [6.07, 6.45) is -3.06. The van der Waals surface area contributed by atoms with E-state index in [9.17, 15) is 18.0 Å². The molecule has 174 valence electrons. The molecule has 6 nitrogen and oxygen atoms in total. The van der Waals surface area contributed by atoms with Gasteiger partial charge in [-0.25, -0.2) is 5.43 Å². The molecule has 3 rings (SSSR count). The fourth-order valence-corrected chi connectivity index (χ4v) is 3.56. The van der Waals surface area contributed by atoms with Crippen molar-refractivity contribution in [2.24, 2.45) is 0 Å². The summed E-state index contributed by atoms with van der Waals surface area (Å²) >= 11 is 12.0. The van der Waals surface area contributed by atoms with Crippen LogP contribution >= 0.6 is 23.2 Å². The van der Waals surface area contributed by atoms with Crippen LogP contribution in [0.25, 0.3) is 0 Å². The van der Waals surface area contributed by atoms with Gasteiger partial charge in [0.25, 0.3) is 5.91 Å². The highest BCUT2D eigenvalue weighted by Crippen LogP contribution is 2.25. The maximum absolute atomic E-state index is 12.2. The lowest BCUT2D eigenvalue weighted by atomic mass is 10.0. The maximum atomic E-state index is 12.2. The third-order valence-electron chi connectivity index (χ3n) is 4.82. The first-order valence-corrected chi connectivity index (χ1v) is 10.6. The average Bonchev–Trinajstić information content (AvgIpc) is 2.74. The Bertz CT molecular complexity index is 905. The van der Waals surface area contributed by atoms with Crippen LogP contribution < -0.4 is 20.3 Å². The van der Waals surface area contributed by atoms with Gasteiger partial charge in [-0.05, 0) is 54.8 Å². The molecule has 1 aliphatic rings. The molecule has 2 aromatic carbocycles. The topological polar surface area (TPSA) is 62.8 Å². The second kappa shape index (κ2) is 11.1. The van der Waals surface area contributed by atoms with Crippen LogP contribution in [0, 0.1) is 0 Å². The average molecular weight is 492 g/mol. The van der Waals surface area contributed by atoms with E-state index in [1.54, 1.807) is 6.07 Å². The smallest absolute Gasteiger partial charge is 0.484 e. The summed E-state index contributed by atoms with van der Waals surface area (Å²) in [6.45, 7) is 2.21. The zero-order valence-corrected chi connectivity index (χ0v) is 18.4. The van der Waals surface area contributed by atoms with Gasteiger partial charge in [-0.15, -0.1) is 13.2 Å². The normalized spacial score (nSPS) is 15.4. The van der Waals surface area contributed by atoms with Crippen molar-refractivity contribution >= 4 is 29.1 Å². The van der Waals surface area contributed by atoms with E-state index in [0.29, 0.717) is 10.0 Å². The predicted octanol–water partition coefficient (Wildman–Crippen LogP) is 4.56. The van der Waals surface area contributed by atoms with E-state index < -0.39 is 6.36 Å². The van der Waals surface area contributed by atoms with Crippen LogP contribution in [0.1, 0.15) is 18.4 Å². The summed E-state index contributed by atoms with van der Waals surface area (Å²) in [5.41, 5.74) is 6.70. The number of hydrazine groups is 1. The standard InChI is InChI=1S/C21H22Cl2F3N3O3/c22-18-6-1-14(11-19(18)23)12-29-9-7-15(8-10-29)27-28-20(30)13-31-16-2-4-17(5-3-16)32-21(24,25)26/h1-6,11,15,27H,7-10,12-13H2,(H,28,30). The number of amides is 1. The summed E-state index contributed by atoms with van der Waals surface area (Å²) in [7, 11) is 0. The van der Waals surface area contributed by atoms with Gasteiger partial charge in [0.15, 0.2) is 6.61 Å². The Morgan fingerprint density at radius 2 is 1.69 bits per heavy atom. The van der Waals surface area contributed by atoms with E-state index in [1.165, 1.54) is 12.1 Å². The Kier molecular flexibility index (Phi) is 8.47. The number of carbonyl (C=O) groups excluding carboxylic acids is 1. The van der Waals surface area contributed by atoms with Gasteiger partial charge >= 0.3 is 6.36 Å². The summed E-state index contributed by atoms with van der Waals surface area (Å²) in [5.74, 6) is -0.495. The first-order chi connectivity index (χ1) is 15.2. The minimum Gasteiger partial charge on any atom is -0.484 e. The highest BCUT2D eigenvalue weighted by molar-refractivity contribution is 6.42. The number of piperidine rings is 1. The molecule has 0 spiro atoms. The molecule has 1 heterocycles. The first-order valence-electron chi connectivity index (χ1n) is 9.87. The molecule has 32 heavy (non-hydrogen) atoms. The van der Waals surface area contributed by atoms with E-state index in [2.05, 4.69) is 20.5 Å². The molecule has 1 aliphatic heterocycles. The van der Waals surface area contributed by atoms with Gasteiger partial charge in [0.05, 0.1) is 10.0 Å². The van der Waals surface area contributed by atoms with E-state index in [1.807, 2.05) is 12.1 Å². The zero-order valence-electron chi connectivity index (χ0n) is 16.9. The van der Waals surface area contributed by atoms with E-state index in [-0.39, 0.29) is 30.1 Å². The summed E-state index contributed by atoms with van der Waals surface area (Å²) in [5, 5.41) is 1.07. The highest BCUT2D eigenvalue weighted by Gasteiger charge is 2.31. The molecule has 0 atom stereocenters. The lowest BCUT2D eigenvalue weighted by molar-refractivity contribution is -0.274. The van der Waals surface area contributed by atoms with Crippen molar-refractivity contribution in [2.45, 2.75) is 31.8 Å². The predicted molar refractivity (Wildman–Crippen MR) is 115 cm³/mol. The van der Waals surface area contributed by atoms with Crippen molar-refractivity contribution in [3.63, 3.8) is 0 Å². The molecule has 0 aliphatic carbocycles. The van der Waals surface area contributed by atoms with Gasteiger partial charge in [-0.1, -0.05) is 29.3 Å². The Balaban J connectivity index is 1.33. The van der Waals surface area contributed by atoms with Gasteiger partial charge in [0, 0.05) is 25.7 Å². The molecule has 1 saturated heterocycles. The Morgan fingerprint density at radius 3 is 2.31 bits per heavy atom. The van der Waals surface area contributed by atoms with Gasteiger partial charge in [0.1, 0.15) is 11.5 Å². The largest absolute Gasteiger partial charge is 0.573 e. The van der Waals surface area contributed by atoms with E-state index in [0.717, 1.165) is 50.2 Å². The van der Waals surface area contributed by atoms with Crippen molar-refractivity contribution in [3.8, 4) is 11.5 Å². The molecule has 0 unspecified atom stereocenters.